The zero-order valence-electron chi connectivity index (χ0n) is 18.4. The number of anilines is 1. The van der Waals surface area contributed by atoms with Gasteiger partial charge in [0, 0.05) is 35.8 Å². The van der Waals surface area contributed by atoms with E-state index in [1.807, 2.05) is 0 Å². The molecule has 2 atom stereocenters. The molecule has 8 heteroatoms. The average Bonchev–Trinajstić information content (AvgIpc) is 3.49. The first-order chi connectivity index (χ1) is 16.4. The number of fused-ring (bicyclic) bond motifs is 2. The molecular formula is C26H23ClN2O5. The summed E-state index contributed by atoms with van der Waals surface area (Å²) in [6.45, 7) is 4.55. The Morgan fingerprint density at radius 2 is 1.91 bits per heavy atom. The number of benzene rings is 2. The second-order valence-corrected chi connectivity index (χ2v) is 8.98. The summed E-state index contributed by atoms with van der Waals surface area (Å²) < 4.78 is 5.75. The molecule has 2 saturated heterocycles. The van der Waals surface area contributed by atoms with Gasteiger partial charge in [0.15, 0.2) is 5.54 Å². The summed E-state index contributed by atoms with van der Waals surface area (Å²) in [4.78, 5) is 43.9. The Balaban J connectivity index is 1.79. The highest BCUT2D eigenvalue weighted by Crippen LogP contribution is 2.53. The van der Waals surface area contributed by atoms with Crippen LogP contribution in [0.5, 0.6) is 0 Å². The first-order valence-corrected chi connectivity index (χ1v) is 11.5. The van der Waals surface area contributed by atoms with Gasteiger partial charge in [-0.2, -0.15) is 0 Å². The van der Waals surface area contributed by atoms with Gasteiger partial charge in [-0.1, -0.05) is 35.9 Å². The van der Waals surface area contributed by atoms with E-state index >= 15 is 0 Å². The minimum atomic E-state index is -1.80. The number of aliphatic hydroxyl groups excluding tert-OH is 1. The van der Waals surface area contributed by atoms with Crippen molar-refractivity contribution in [3.05, 3.63) is 82.9 Å². The molecule has 0 saturated carbocycles. The van der Waals surface area contributed by atoms with Gasteiger partial charge < -0.3 is 19.6 Å². The second-order valence-electron chi connectivity index (χ2n) is 8.54. The molecule has 0 radical (unpaired) electrons. The average molecular weight is 479 g/mol. The second kappa shape index (κ2) is 8.42. The van der Waals surface area contributed by atoms with E-state index < -0.39 is 28.9 Å². The van der Waals surface area contributed by atoms with Gasteiger partial charge in [-0.05, 0) is 43.2 Å². The number of ether oxygens (including phenoxy) is 1. The Kier molecular flexibility index (Phi) is 5.54. The third-order valence-electron chi connectivity index (χ3n) is 6.65. The number of aliphatic hydroxyl groups is 1. The first-order valence-electron chi connectivity index (χ1n) is 11.1. The van der Waals surface area contributed by atoms with Gasteiger partial charge in [0.25, 0.3) is 17.6 Å². The molecule has 3 heterocycles. The van der Waals surface area contributed by atoms with E-state index in [4.69, 9.17) is 16.3 Å². The highest BCUT2D eigenvalue weighted by atomic mass is 35.5. The predicted molar refractivity (Wildman–Crippen MR) is 127 cm³/mol. The number of carbonyl (C=O) groups excluding carboxylic acids is 3. The molecule has 0 aliphatic carbocycles. The zero-order chi connectivity index (χ0) is 24.0. The van der Waals surface area contributed by atoms with Crippen molar-refractivity contribution in [3.63, 3.8) is 0 Å². The Bertz CT molecular complexity index is 1230. The molecule has 0 unspecified atom stereocenters. The van der Waals surface area contributed by atoms with Gasteiger partial charge >= 0.3 is 0 Å². The van der Waals surface area contributed by atoms with Crippen molar-refractivity contribution >= 4 is 40.6 Å². The smallest absolute Gasteiger partial charge is 0.296 e. The van der Waals surface area contributed by atoms with Crippen molar-refractivity contribution in [3.8, 4) is 0 Å². The molecule has 2 fully saturated rings. The van der Waals surface area contributed by atoms with Crippen molar-refractivity contribution in [1.82, 2.24) is 4.90 Å². The van der Waals surface area contributed by atoms with Crippen molar-refractivity contribution in [1.29, 1.82) is 0 Å². The summed E-state index contributed by atoms with van der Waals surface area (Å²) in [6, 6.07) is 13.3. The van der Waals surface area contributed by atoms with Crippen LogP contribution < -0.4 is 4.90 Å². The van der Waals surface area contributed by atoms with E-state index in [9.17, 15) is 19.5 Å². The highest BCUT2D eigenvalue weighted by molar-refractivity contribution is 6.50. The SMILES string of the molecule is C=CCN1C(=O)[C@@]2(C(=C(O)c3ccc(Cl)cc3)C(=O)C(=O)N2C[C@H]2CCCO2)c2ccccc21. The van der Waals surface area contributed by atoms with Crippen molar-refractivity contribution < 1.29 is 24.2 Å². The van der Waals surface area contributed by atoms with Crippen LogP contribution >= 0.6 is 11.6 Å². The van der Waals surface area contributed by atoms with E-state index in [-0.39, 0.29) is 30.3 Å². The summed E-state index contributed by atoms with van der Waals surface area (Å²) in [5, 5.41) is 11.8. The summed E-state index contributed by atoms with van der Waals surface area (Å²) in [6.07, 6.45) is 2.82. The van der Waals surface area contributed by atoms with Crippen LogP contribution in [0.25, 0.3) is 5.76 Å². The van der Waals surface area contributed by atoms with Crippen LogP contribution in [0.15, 0.2) is 66.8 Å². The number of hydrogen-bond acceptors (Lipinski definition) is 5. The summed E-state index contributed by atoms with van der Waals surface area (Å²) in [5.41, 5.74) is -0.736. The van der Waals surface area contributed by atoms with Gasteiger partial charge in [-0.3, -0.25) is 14.4 Å². The topological polar surface area (TPSA) is 87.2 Å². The number of Topliss-reactive ketones (excluding diaryl/α,β-unsaturated/α-hetero) is 1. The van der Waals surface area contributed by atoms with Crippen LogP contribution in [-0.4, -0.2) is 53.4 Å². The quantitative estimate of drug-likeness (QED) is 0.307. The van der Waals surface area contributed by atoms with E-state index in [0.717, 1.165) is 6.42 Å². The van der Waals surface area contributed by atoms with Gasteiger partial charge in [0.1, 0.15) is 5.76 Å². The van der Waals surface area contributed by atoms with Gasteiger partial charge in [-0.25, -0.2) is 0 Å². The van der Waals surface area contributed by atoms with E-state index in [0.29, 0.717) is 29.3 Å². The van der Waals surface area contributed by atoms with Crippen LogP contribution in [0.3, 0.4) is 0 Å². The lowest BCUT2D eigenvalue weighted by molar-refractivity contribution is -0.145. The number of para-hydroxylation sites is 1. The molecule has 0 aromatic heterocycles. The Labute approximate surface area is 201 Å². The van der Waals surface area contributed by atoms with Crippen molar-refractivity contribution in [2.75, 3.05) is 24.6 Å². The number of carbonyl (C=O) groups is 3. The molecule has 2 aromatic carbocycles. The molecule has 7 nitrogen and oxygen atoms in total. The maximum atomic E-state index is 14.2. The molecular weight excluding hydrogens is 456 g/mol. The van der Waals surface area contributed by atoms with E-state index in [1.54, 1.807) is 54.6 Å². The fourth-order valence-corrected chi connectivity index (χ4v) is 5.30. The van der Waals surface area contributed by atoms with Crippen molar-refractivity contribution in [2.45, 2.75) is 24.5 Å². The Morgan fingerprint density at radius 3 is 2.59 bits per heavy atom. The largest absolute Gasteiger partial charge is 0.507 e. The number of ketones is 1. The highest BCUT2D eigenvalue weighted by Gasteiger charge is 2.67. The molecule has 5 rings (SSSR count). The third kappa shape index (κ3) is 3.11. The molecule has 2 aromatic rings. The molecule has 34 heavy (non-hydrogen) atoms. The predicted octanol–water partition coefficient (Wildman–Crippen LogP) is 3.63. The van der Waals surface area contributed by atoms with E-state index in [1.165, 1.54) is 9.80 Å². The molecule has 2 amide bonds. The molecule has 3 aliphatic heterocycles. The van der Waals surface area contributed by atoms with Crippen LogP contribution in [-0.2, 0) is 24.7 Å². The standard InChI is InChI=1S/C26H23ClN2O5/c1-2-13-28-20-8-4-3-7-19(20)26(25(28)33)21(22(30)16-9-11-17(27)12-10-16)23(31)24(32)29(26)15-18-6-5-14-34-18/h2-4,7-12,18,30H,1,5-6,13-15H2/t18-,26+/m1/s1. The van der Waals surface area contributed by atoms with Gasteiger partial charge in [0.05, 0.1) is 17.4 Å². The zero-order valence-corrected chi connectivity index (χ0v) is 19.1. The fraction of sp³-hybridized carbons (Fsp3) is 0.269. The molecule has 3 aliphatic rings. The van der Waals surface area contributed by atoms with Crippen LogP contribution in [0.1, 0.15) is 24.0 Å². The number of nitrogens with zero attached hydrogens (tertiary/aromatic N) is 2. The monoisotopic (exact) mass is 478 g/mol. The maximum absolute atomic E-state index is 14.2. The normalized spacial score (nSPS) is 25.4. The summed E-state index contributed by atoms with van der Waals surface area (Å²) in [7, 11) is 0. The number of hydrogen-bond donors (Lipinski definition) is 1. The Hall–Kier alpha value is -3.42. The minimum Gasteiger partial charge on any atom is -0.507 e. The molecule has 0 bridgehead atoms. The van der Waals surface area contributed by atoms with Crippen molar-refractivity contribution in [2.24, 2.45) is 0 Å². The minimum absolute atomic E-state index is 0.0595. The molecule has 1 N–H and O–H groups in total. The summed E-state index contributed by atoms with van der Waals surface area (Å²) in [5.74, 6) is -2.65. The maximum Gasteiger partial charge on any atom is 0.296 e. The molecule has 1 spiro atoms. The lowest BCUT2D eigenvalue weighted by Gasteiger charge is -2.35. The lowest BCUT2D eigenvalue weighted by atomic mass is 9.81. The van der Waals surface area contributed by atoms with E-state index in [2.05, 4.69) is 6.58 Å². The Morgan fingerprint density at radius 1 is 1.18 bits per heavy atom. The lowest BCUT2D eigenvalue weighted by Crippen LogP contribution is -2.53. The van der Waals surface area contributed by atoms with Gasteiger partial charge in [-0.15, -0.1) is 6.58 Å². The number of amides is 2. The van der Waals surface area contributed by atoms with Crippen LogP contribution in [0.2, 0.25) is 5.02 Å². The van der Waals surface area contributed by atoms with Crippen LogP contribution in [0, 0.1) is 0 Å². The third-order valence-corrected chi connectivity index (χ3v) is 6.90. The number of rotatable bonds is 5. The summed E-state index contributed by atoms with van der Waals surface area (Å²) >= 11 is 6.00. The van der Waals surface area contributed by atoms with Crippen LogP contribution in [0.4, 0.5) is 5.69 Å². The fourth-order valence-electron chi connectivity index (χ4n) is 5.17. The number of halogens is 1. The molecule has 174 valence electrons. The first kappa shape index (κ1) is 22.4. The number of likely N-dealkylation sites (tertiary alicyclic amines) is 1. The van der Waals surface area contributed by atoms with Gasteiger partial charge in [0.2, 0.25) is 0 Å².